The lowest BCUT2D eigenvalue weighted by molar-refractivity contribution is -0.384. The standard InChI is InChI=1S/C13H8Cl2N2O4/c14-7-5-10(12(18)11(15)6-7)13(19)16-8-1-3-9(4-2-8)17(20)21/h1-6,18H,(H,16,19). The summed E-state index contributed by atoms with van der Waals surface area (Å²) in [4.78, 5) is 22.0. The third-order valence-corrected chi connectivity index (χ3v) is 3.12. The Morgan fingerprint density at radius 2 is 1.81 bits per heavy atom. The van der Waals surface area contributed by atoms with E-state index in [2.05, 4.69) is 5.32 Å². The van der Waals surface area contributed by atoms with Crippen molar-refractivity contribution in [1.29, 1.82) is 0 Å². The number of aromatic hydroxyl groups is 1. The van der Waals surface area contributed by atoms with Gasteiger partial charge in [0.25, 0.3) is 11.6 Å². The maximum Gasteiger partial charge on any atom is 0.269 e. The van der Waals surface area contributed by atoms with Crippen LogP contribution in [0.3, 0.4) is 0 Å². The van der Waals surface area contributed by atoms with Crippen molar-refractivity contribution in [3.8, 4) is 5.75 Å². The predicted molar refractivity (Wildman–Crippen MR) is 79.2 cm³/mol. The van der Waals surface area contributed by atoms with Crippen LogP contribution in [0.4, 0.5) is 11.4 Å². The molecule has 21 heavy (non-hydrogen) atoms. The molecule has 108 valence electrons. The summed E-state index contributed by atoms with van der Waals surface area (Å²) in [6, 6.07) is 7.82. The van der Waals surface area contributed by atoms with Crippen molar-refractivity contribution in [3.63, 3.8) is 0 Å². The second kappa shape index (κ2) is 5.99. The highest BCUT2D eigenvalue weighted by atomic mass is 35.5. The van der Waals surface area contributed by atoms with Gasteiger partial charge in [-0.15, -0.1) is 0 Å². The fraction of sp³-hybridized carbons (Fsp3) is 0. The zero-order chi connectivity index (χ0) is 15.6. The molecule has 0 aliphatic carbocycles. The lowest BCUT2D eigenvalue weighted by atomic mass is 10.1. The van der Waals surface area contributed by atoms with E-state index in [1.165, 1.54) is 36.4 Å². The van der Waals surface area contributed by atoms with Crippen LogP contribution in [-0.2, 0) is 0 Å². The monoisotopic (exact) mass is 326 g/mol. The molecule has 0 fully saturated rings. The second-order valence-electron chi connectivity index (χ2n) is 4.04. The molecule has 8 heteroatoms. The van der Waals surface area contributed by atoms with Gasteiger partial charge in [-0.25, -0.2) is 0 Å². The van der Waals surface area contributed by atoms with Crippen LogP contribution in [0.25, 0.3) is 0 Å². The van der Waals surface area contributed by atoms with E-state index in [1.54, 1.807) is 0 Å². The van der Waals surface area contributed by atoms with Gasteiger partial charge in [0.1, 0.15) is 5.75 Å². The van der Waals surface area contributed by atoms with Crippen LogP contribution in [0, 0.1) is 10.1 Å². The number of nitro benzene ring substituents is 1. The van der Waals surface area contributed by atoms with Crippen LogP contribution in [0.1, 0.15) is 10.4 Å². The van der Waals surface area contributed by atoms with Crippen molar-refractivity contribution < 1.29 is 14.8 Å². The molecule has 2 N–H and O–H groups in total. The zero-order valence-electron chi connectivity index (χ0n) is 10.3. The Balaban J connectivity index is 2.24. The SMILES string of the molecule is O=C(Nc1ccc([N+](=O)[O-])cc1)c1cc(Cl)cc(Cl)c1O. The number of nitrogens with zero attached hydrogens (tertiary/aromatic N) is 1. The lowest BCUT2D eigenvalue weighted by Crippen LogP contribution is -2.12. The summed E-state index contributed by atoms with van der Waals surface area (Å²) in [7, 11) is 0. The predicted octanol–water partition coefficient (Wildman–Crippen LogP) is 3.86. The van der Waals surface area contributed by atoms with Gasteiger partial charge in [-0.3, -0.25) is 14.9 Å². The number of carbonyl (C=O) groups excluding carboxylic acids is 1. The number of non-ortho nitro benzene ring substituents is 1. The minimum Gasteiger partial charge on any atom is -0.506 e. The molecule has 0 saturated carbocycles. The van der Waals surface area contributed by atoms with Crippen molar-refractivity contribution in [2.75, 3.05) is 5.32 Å². The fourth-order valence-corrected chi connectivity index (χ4v) is 2.10. The molecule has 0 bridgehead atoms. The Bertz CT molecular complexity index is 717. The molecule has 0 unspecified atom stereocenters. The van der Waals surface area contributed by atoms with Crippen molar-refractivity contribution in [3.05, 3.63) is 62.1 Å². The van der Waals surface area contributed by atoms with Gasteiger partial charge in [0.15, 0.2) is 0 Å². The molecule has 0 radical (unpaired) electrons. The smallest absolute Gasteiger partial charge is 0.269 e. The molecule has 0 aromatic heterocycles. The Kier molecular flexibility index (Phi) is 4.30. The maximum atomic E-state index is 12.0. The molecule has 6 nitrogen and oxygen atoms in total. The largest absolute Gasteiger partial charge is 0.506 e. The van der Waals surface area contributed by atoms with E-state index in [-0.39, 0.29) is 27.0 Å². The maximum absolute atomic E-state index is 12.0. The van der Waals surface area contributed by atoms with E-state index in [4.69, 9.17) is 23.2 Å². The molecule has 0 heterocycles. The fourth-order valence-electron chi connectivity index (χ4n) is 1.60. The van der Waals surface area contributed by atoms with Gasteiger partial charge in [-0.05, 0) is 24.3 Å². The Morgan fingerprint density at radius 1 is 1.19 bits per heavy atom. The first-order chi connectivity index (χ1) is 9.88. The summed E-state index contributed by atoms with van der Waals surface area (Å²) >= 11 is 11.5. The molecule has 0 aliphatic heterocycles. The molecule has 1 amide bonds. The number of amides is 1. The summed E-state index contributed by atoms with van der Waals surface area (Å²) in [5.74, 6) is -1.02. The van der Waals surface area contributed by atoms with Gasteiger partial charge in [0, 0.05) is 22.8 Å². The average Bonchev–Trinajstić information content (AvgIpc) is 2.43. The van der Waals surface area contributed by atoms with Gasteiger partial charge in [0.05, 0.1) is 15.5 Å². The number of rotatable bonds is 3. The first-order valence-corrected chi connectivity index (χ1v) is 6.38. The first kappa shape index (κ1) is 15.1. The van der Waals surface area contributed by atoms with Gasteiger partial charge >= 0.3 is 0 Å². The summed E-state index contributed by atoms with van der Waals surface area (Å²) in [5.41, 5.74) is 0.147. The number of hydrogen-bond acceptors (Lipinski definition) is 4. The molecular weight excluding hydrogens is 319 g/mol. The van der Waals surface area contributed by atoms with E-state index in [0.29, 0.717) is 5.69 Å². The van der Waals surface area contributed by atoms with Gasteiger partial charge in [0.2, 0.25) is 0 Å². The number of benzene rings is 2. The number of anilines is 1. The third kappa shape index (κ3) is 3.42. The van der Waals surface area contributed by atoms with E-state index in [9.17, 15) is 20.0 Å². The van der Waals surface area contributed by atoms with Crippen LogP contribution < -0.4 is 5.32 Å². The Labute approximate surface area is 129 Å². The highest BCUT2D eigenvalue weighted by Gasteiger charge is 2.16. The molecule has 2 rings (SSSR count). The number of phenols is 1. The number of halogens is 2. The minimum absolute atomic E-state index is 0.0450. The van der Waals surface area contributed by atoms with Gasteiger partial charge in [-0.2, -0.15) is 0 Å². The summed E-state index contributed by atoms with van der Waals surface area (Å²) in [6.45, 7) is 0. The van der Waals surface area contributed by atoms with Crippen LogP contribution in [0.5, 0.6) is 5.75 Å². The van der Waals surface area contributed by atoms with Crippen molar-refractivity contribution in [2.45, 2.75) is 0 Å². The van der Waals surface area contributed by atoms with Gasteiger partial charge < -0.3 is 10.4 Å². The third-order valence-electron chi connectivity index (χ3n) is 2.61. The van der Waals surface area contributed by atoms with E-state index >= 15 is 0 Å². The van der Waals surface area contributed by atoms with Crippen LogP contribution in [0.2, 0.25) is 10.0 Å². The lowest BCUT2D eigenvalue weighted by Gasteiger charge is -2.08. The van der Waals surface area contributed by atoms with Crippen molar-refractivity contribution in [1.82, 2.24) is 0 Å². The number of carbonyl (C=O) groups is 1. The van der Waals surface area contributed by atoms with Crippen LogP contribution in [0.15, 0.2) is 36.4 Å². The number of nitro groups is 1. The molecule has 2 aromatic carbocycles. The highest BCUT2D eigenvalue weighted by molar-refractivity contribution is 6.36. The van der Waals surface area contributed by atoms with Gasteiger partial charge in [-0.1, -0.05) is 23.2 Å². The molecule has 0 atom stereocenters. The average molecular weight is 327 g/mol. The quantitative estimate of drug-likeness (QED) is 0.661. The number of hydrogen-bond donors (Lipinski definition) is 2. The zero-order valence-corrected chi connectivity index (χ0v) is 11.9. The highest BCUT2D eigenvalue weighted by Crippen LogP contribution is 2.31. The van der Waals surface area contributed by atoms with Crippen LogP contribution in [-0.4, -0.2) is 15.9 Å². The molecule has 2 aromatic rings. The van der Waals surface area contributed by atoms with Crippen molar-refractivity contribution >= 4 is 40.5 Å². The summed E-state index contributed by atoms with van der Waals surface area (Å²) < 4.78 is 0. The number of phenolic OH excluding ortho intramolecular Hbond substituents is 1. The molecule has 0 saturated heterocycles. The van der Waals surface area contributed by atoms with Crippen molar-refractivity contribution in [2.24, 2.45) is 0 Å². The van der Waals surface area contributed by atoms with Crippen LogP contribution >= 0.6 is 23.2 Å². The van der Waals surface area contributed by atoms with E-state index in [1.807, 2.05) is 0 Å². The second-order valence-corrected chi connectivity index (χ2v) is 4.89. The molecule has 0 spiro atoms. The minimum atomic E-state index is -0.634. The molecule has 0 aliphatic rings. The van der Waals surface area contributed by atoms with E-state index in [0.717, 1.165) is 0 Å². The topological polar surface area (TPSA) is 92.5 Å². The molecular formula is C13H8Cl2N2O4. The van der Waals surface area contributed by atoms with E-state index < -0.39 is 10.8 Å². The Morgan fingerprint density at radius 3 is 2.38 bits per heavy atom. The summed E-state index contributed by atoms with van der Waals surface area (Å²) in [5, 5.41) is 22.9. The number of nitrogens with one attached hydrogen (secondary N) is 1. The normalized spacial score (nSPS) is 10.2. The first-order valence-electron chi connectivity index (χ1n) is 5.62. The summed E-state index contributed by atoms with van der Waals surface area (Å²) in [6.07, 6.45) is 0. The Hall–Kier alpha value is -2.31.